The maximum atomic E-state index is 12.9. The lowest BCUT2D eigenvalue weighted by Gasteiger charge is -2.63. The third-order valence-electron chi connectivity index (χ3n) is 6.72. The first-order chi connectivity index (χ1) is 14.7. The van der Waals surface area contributed by atoms with Crippen molar-refractivity contribution in [1.29, 1.82) is 0 Å². The fraction of sp³-hybridized carbons (Fsp3) is 0.538. The molecule has 5 heteroatoms. The van der Waals surface area contributed by atoms with Crippen LogP contribution in [0.1, 0.15) is 59.1 Å². The van der Waals surface area contributed by atoms with Crippen LogP contribution in [0.4, 0.5) is 0 Å². The van der Waals surface area contributed by atoms with Gasteiger partial charge < -0.3 is 9.47 Å². The van der Waals surface area contributed by atoms with Gasteiger partial charge in [0.05, 0.1) is 12.2 Å². The monoisotopic (exact) mass is 423 g/mol. The SMILES string of the molecule is CC(C)OC(=O)C1(C(=O)OC(C)C)CC2(CN([C@H](C)c3cccc4ccccc34)C2)C1. The Hall–Kier alpha value is -2.40. The zero-order chi connectivity index (χ0) is 22.4. The van der Waals surface area contributed by atoms with E-state index in [-0.39, 0.29) is 23.7 Å². The van der Waals surface area contributed by atoms with E-state index in [1.54, 1.807) is 0 Å². The first-order valence-corrected chi connectivity index (χ1v) is 11.3. The van der Waals surface area contributed by atoms with Gasteiger partial charge in [0.25, 0.3) is 0 Å². The van der Waals surface area contributed by atoms with Gasteiger partial charge in [-0.15, -0.1) is 0 Å². The van der Waals surface area contributed by atoms with Gasteiger partial charge in [0.1, 0.15) is 0 Å². The maximum Gasteiger partial charge on any atom is 0.323 e. The lowest BCUT2D eigenvalue weighted by molar-refractivity contribution is -0.212. The highest BCUT2D eigenvalue weighted by atomic mass is 16.6. The molecule has 2 aromatic carbocycles. The Bertz CT molecular complexity index is 953. The van der Waals surface area contributed by atoms with E-state index < -0.39 is 17.4 Å². The van der Waals surface area contributed by atoms with Crippen molar-refractivity contribution in [1.82, 2.24) is 4.90 Å². The van der Waals surface area contributed by atoms with Crippen LogP contribution in [0, 0.1) is 10.8 Å². The van der Waals surface area contributed by atoms with Gasteiger partial charge in [0.2, 0.25) is 0 Å². The number of fused-ring (bicyclic) bond motifs is 1. The summed E-state index contributed by atoms with van der Waals surface area (Å²) in [6.07, 6.45) is 0.514. The highest BCUT2D eigenvalue weighted by Crippen LogP contribution is 2.61. The average molecular weight is 424 g/mol. The number of likely N-dealkylation sites (tertiary alicyclic amines) is 1. The Morgan fingerprint density at radius 1 is 0.839 bits per heavy atom. The van der Waals surface area contributed by atoms with E-state index in [0.29, 0.717) is 12.8 Å². The van der Waals surface area contributed by atoms with E-state index >= 15 is 0 Å². The highest BCUT2D eigenvalue weighted by Gasteiger charge is 2.68. The second-order valence-electron chi connectivity index (χ2n) is 9.99. The number of carbonyl (C=O) groups is 2. The first kappa shape index (κ1) is 21.8. The molecule has 4 rings (SSSR count). The van der Waals surface area contributed by atoms with Crippen LogP contribution < -0.4 is 0 Å². The largest absolute Gasteiger partial charge is 0.462 e. The summed E-state index contributed by atoms with van der Waals surface area (Å²) < 4.78 is 10.9. The standard InChI is InChI=1S/C26H33NO4/c1-17(2)30-23(28)26(24(29)31-18(3)4)13-25(14-26)15-27(16-25)19(5)21-12-8-10-20-9-6-7-11-22(20)21/h6-12,17-19H,13-16H2,1-5H3/t19-/m1/s1. The number of nitrogens with zero attached hydrogens (tertiary/aromatic N) is 1. The summed E-state index contributed by atoms with van der Waals surface area (Å²) in [6, 6.07) is 15.2. The lowest BCUT2D eigenvalue weighted by Crippen LogP contribution is -2.69. The van der Waals surface area contributed by atoms with Gasteiger partial charge in [0.15, 0.2) is 5.41 Å². The number of hydrogen-bond donors (Lipinski definition) is 0. The summed E-state index contributed by atoms with van der Waals surface area (Å²) >= 11 is 0. The highest BCUT2D eigenvalue weighted by molar-refractivity contribution is 6.01. The summed E-state index contributed by atoms with van der Waals surface area (Å²) in [7, 11) is 0. The van der Waals surface area contributed by atoms with E-state index in [2.05, 4.69) is 54.3 Å². The van der Waals surface area contributed by atoms with Crippen molar-refractivity contribution >= 4 is 22.7 Å². The van der Waals surface area contributed by atoms with Crippen LogP contribution in [0.3, 0.4) is 0 Å². The molecule has 0 N–H and O–H groups in total. The average Bonchev–Trinajstić information content (AvgIpc) is 2.64. The molecular formula is C26H33NO4. The molecule has 2 aromatic rings. The molecule has 2 aliphatic rings. The quantitative estimate of drug-likeness (QED) is 0.489. The van der Waals surface area contributed by atoms with Crippen molar-refractivity contribution in [2.75, 3.05) is 13.1 Å². The molecule has 5 nitrogen and oxygen atoms in total. The van der Waals surface area contributed by atoms with E-state index in [0.717, 1.165) is 13.1 Å². The fourth-order valence-electron chi connectivity index (χ4n) is 5.38. The van der Waals surface area contributed by atoms with E-state index in [4.69, 9.17) is 9.47 Å². The third-order valence-corrected chi connectivity index (χ3v) is 6.72. The van der Waals surface area contributed by atoms with Gasteiger partial charge in [-0.3, -0.25) is 14.5 Å². The number of hydrogen-bond acceptors (Lipinski definition) is 5. The molecule has 31 heavy (non-hydrogen) atoms. The Morgan fingerprint density at radius 3 is 1.97 bits per heavy atom. The fourth-order valence-corrected chi connectivity index (χ4v) is 5.38. The van der Waals surface area contributed by atoms with Crippen LogP contribution in [-0.4, -0.2) is 42.1 Å². The molecular weight excluding hydrogens is 390 g/mol. The molecule has 1 aliphatic carbocycles. The van der Waals surface area contributed by atoms with Crippen molar-refractivity contribution in [2.45, 2.75) is 65.7 Å². The predicted octanol–water partition coefficient (Wildman–Crippen LogP) is 4.89. The second kappa shape index (κ2) is 7.94. The molecule has 1 atom stereocenters. The second-order valence-corrected chi connectivity index (χ2v) is 9.99. The molecule has 0 amide bonds. The maximum absolute atomic E-state index is 12.9. The van der Waals surface area contributed by atoms with Gasteiger partial charge in [0, 0.05) is 19.1 Å². The van der Waals surface area contributed by atoms with Crippen LogP contribution >= 0.6 is 0 Å². The minimum absolute atomic E-state index is 0.00908. The number of carbonyl (C=O) groups excluding carboxylic acids is 2. The van der Waals surface area contributed by atoms with Crippen LogP contribution in [-0.2, 0) is 19.1 Å². The summed E-state index contributed by atoms with van der Waals surface area (Å²) in [5.41, 5.74) is 0.158. The summed E-state index contributed by atoms with van der Waals surface area (Å²) in [5, 5.41) is 2.53. The zero-order valence-electron chi connectivity index (χ0n) is 19.2. The Kier molecular flexibility index (Phi) is 5.59. The van der Waals surface area contributed by atoms with Crippen LogP contribution in [0.2, 0.25) is 0 Å². The minimum Gasteiger partial charge on any atom is -0.462 e. The predicted molar refractivity (Wildman–Crippen MR) is 120 cm³/mol. The van der Waals surface area contributed by atoms with Crippen molar-refractivity contribution < 1.29 is 19.1 Å². The number of ether oxygens (including phenoxy) is 2. The topological polar surface area (TPSA) is 55.8 Å². The zero-order valence-corrected chi connectivity index (χ0v) is 19.2. The molecule has 2 fully saturated rings. The molecule has 0 unspecified atom stereocenters. The Morgan fingerprint density at radius 2 is 1.39 bits per heavy atom. The van der Waals surface area contributed by atoms with Crippen LogP contribution in [0.15, 0.2) is 42.5 Å². The van der Waals surface area contributed by atoms with E-state index in [1.807, 2.05) is 27.7 Å². The molecule has 1 spiro atoms. The molecule has 1 saturated heterocycles. The molecule has 1 saturated carbocycles. The number of rotatable bonds is 6. The van der Waals surface area contributed by atoms with Crippen LogP contribution in [0.5, 0.6) is 0 Å². The van der Waals surface area contributed by atoms with Gasteiger partial charge in [-0.1, -0.05) is 42.5 Å². The van der Waals surface area contributed by atoms with E-state index in [1.165, 1.54) is 16.3 Å². The third kappa shape index (κ3) is 3.84. The minimum atomic E-state index is -1.15. The number of benzene rings is 2. The van der Waals surface area contributed by atoms with Gasteiger partial charge in [-0.2, -0.15) is 0 Å². The van der Waals surface area contributed by atoms with Crippen molar-refractivity contribution in [3.05, 3.63) is 48.0 Å². The van der Waals surface area contributed by atoms with Crippen molar-refractivity contribution in [2.24, 2.45) is 10.8 Å². The Balaban J connectivity index is 1.47. The molecule has 0 bridgehead atoms. The molecule has 0 radical (unpaired) electrons. The number of esters is 2. The lowest BCUT2D eigenvalue weighted by atomic mass is 9.49. The molecule has 0 aromatic heterocycles. The van der Waals surface area contributed by atoms with Gasteiger partial charge in [-0.25, -0.2) is 0 Å². The molecule has 1 aliphatic heterocycles. The van der Waals surface area contributed by atoms with Crippen LogP contribution in [0.25, 0.3) is 10.8 Å². The summed E-state index contributed by atoms with van der Waals surface area (Å²) in [5.74, 6) is -0.862. The summed E-state index contributed by atoms with van der Waals surface area (Å²) in [6.45, 7) is 11.2. The van der Waals surface area contributed by atoms with Crippen molar-refractivity contribution in [3.63, 3.8) is 0 Å². The smallest absolute Gasteiger partial charge is 0.323 e. The molecule has 166 valence electrons. The van der Waals surface area contributed by atoms with Gasteiger partial charge in [-0.05, 0) is 69.2 Å². The van der Waals surface area contributed by atoms with Gasteiger partial charge >= 0.3 is 11.9 Å². The first-order valence-electron chi connectivity index (χ1n) is 11.3. The Labute approximate surface area is 184 Å². The normalized spacial score (nSPS) is 20.4. The molecule has 1 heterocycles. The van der Waals surface area contributed by atoms with E-state index in [9.17, 15) is 9.59 Å². The summed E-state index contributed by atoms with van der Waals surface area (Å²) in [4.78, 5) is 28.1. The van der Waals surface area contributed by atoms with Crippen molar-refractivity contribution in [3.8, 4) is 0 Å².